The third-order valence-electron chi connectivity index (χ3n) is 17.1. The van der Waals surface area contributed by atoms with Gasteiger partial charge in [0, 0.05) is 35.0 Å². The van der Waals surface area contributed by atoms with Crippen LogP contribution in [0.25, 0.3) is 0 Å². The van der Waals surface area contributed by atoms with Gasteiger partial charge >= 0.3 is 0 Å². The largest absolute Gasteiger partial charge is 0.370 e. The number of ether oxygens (including phenoxy) is 1. The van der Waals surface area contributed by atoms with Crippen LogP contribution in [0.15, 0.2) is 40.4 Å². The number of nitrogens with one attached hydrogen (secondary N) is 1. The molecule has 4 saturated carbocycles. The number of aliphatic imine (C=N–C) groups is 1. The molecule has 4 nitrogen and oxygen atoms in total. The predicted octanol–water partition coefficient (Wildman–Crippen LogP) is 9.92. The highest BCUT2D eigenvalue weighted by Crippen LogP contribution is 2.73. The van der Waals surface area contributed by atoms with Crippen molar-refractivity contribution < 1.29 is 4.74 Å². The van der Waals surface area contributed by atoms with Gasteiger partial charge in [0.2, 0.25) is 0 Å². The number of allylic oxidation sites excluding steroid dienone is 4. The fraction of sp³-hybridized carbons (Fsp3) is 0.822. The second kappa shape index (κ2) is 12.8. The van der Waals surface area contributed by atoms with Crippen molar-refractivity contribution in [1.29, 1.82) is 5.26 Å². The Morgan fingerprint density at radius 2 is 1.71 bits per heavy atom. The van der Waals surface area contributed by atoms with E-state index >= 15 is 0 Å². The highest BCUT2D eigenvalue weighted by Gasteiger charge is 2.69. The summed E-state index contributed by atoms with van der Waals surface area (Å²) in [6, 6.07) is 4.01. The van der Waals surface area contributed by atoms with Crippen molar-refractivity contribution >= 4 is 5.71 Å². The normalized spacial score (nSPS) is 51.8. The van der Waals surface area contributed by atoms with Gasteiger partial charge in [0.15, 0.2) is 0 Å². The van der Waals surface area contributed by atoms with E-state index in [2.05, 4.69) is 42.6 Å². The molecule has 10 rings (SSSR count). The summed E-state index contributed by atoms with van der Waals surface area (Å²) >= 11 is 0. The number of rotatable bonds is 2. The molecule has 16 atom stereocenters. The lowest BCUT2D eigenvalue weighted by Gasteiger charge is -2.61. The monoisotopic (exact) mass is 661 g/mol. The Balaban J connectivity index is 0.973. The Bertz CT molecular complexity index is 1450. The van der Waals surface area contributed by atoms with Crippen LogP contribution in [0.2, 0.25) is 0 Å². The van der Waals surface area contributed by atoms with E-state index in [-0.39, 0.29) is 5.92 Å². The molecule has 0 aromatic rings. The van der Waals surface area contributed by atoms with Gasteiger partial charge in [0.05, 0.1) is 30.2 Å². The average molecular weight is 662 g/mol. The molecule has 1 N–H and O–H groups in total. The van der Waals surface area contributed by atoms with E-state index in [0.717, 1.165) is 67.1 Å². The molecule has 0 bridgehead atoms. The zero-order valence-electron chi connectivity index (χ0n) is 30.4. The molecule has 2 saturated heterocycles. The molecule has 1 spiro atoms. The van der Waals surface area contributed by atoms with E-state index in [1.54, 1.807) is 0 Å². The molecule has 0 radical (unpaired) electrons. The topological polar surface area (TPSA) is 57.4 Å². The van der Waals surface area contributed by atoms with Crippen molar-refractivity contribution in [3.63, 3.8) is 0 Å². The van der Waals surface area contributed by atoms with Crippen molar-refractivity contribution in [2.75, 3.05) is 0 Å². The Morgan fingerprint density at radius 1 is 0.837 bits per heavy atom. The number of nitriles is 1. The number of nitrogens with zero attached hydrogens (tertiary/aromatic N) is 2. The fourth-order valence-corrected chi connectivity index (χ4v) is 15.2. The minimum absolute atomic E-state index is 0.204. The maximum absolute atomic E-state index is 9.47. The van der Waals surface area contributed by atoms with Crippen LogP contribution in [0.3, 0.4) is 0 Å². The quantitative estimate of drug-likeness (QED) is 0.300. The second-order valence-electron chi connectivity index (χ2n) is 19.1. The summed E-state index contributed by atoms with van der Waals surface area (Å²) in [6.45, 7) is 2.59. The summed E-state index contributed by atoms with van der Waals surface area (Å²) in [5.74, 6) is 7.38. The first kappa shape index (κ1) is 32.0. The standard InChI is InChI=1S/C45H63N3O/c1-27-13-22-33-32-7-2-3-9-35(32)45(38(33)25-27)36-10-4-5-12-41(36)49-44-34(8-6-11-37(44)45)40-24-21-31-19-18-30-20-23-39(47-42(30)43(31)48-40)29-16-14-28(26-46)15-17-29/h6,10-11,16,27-28,30-35,37-38,40-44,48H,2-5,7-9,12-15,17-25H2,1H3. The van der Waals surface area contributed by atoms with E-state index in [1.165, 1.54) is 114 Å². The van der Waals surface area contributed by atoms with Gasteiger partial charge in [-0.2, -0.15) is 5.26 Å². The zero-order chi connectivity index (χ0) is 32.7. The Morgan fingerprint density at radius 3 is 2.61 bits per heavy atom. The van der Waals surface area contributed by atoms with Crippen LogP contribution < -0.4 is 5.32 Å². The van der Waals surface area contributed by atoms with Crippen LogP contribution in [0.4, 0.5) is 0 Å². The van der Waals surface area contributed by atoms with Crippen LogP contribution in [0, 0.1) is 75.9 Å². The first-order valence-electron chi connectivity index (χ1n) is 21.6. The van der Waals surface area contributed by atoms with Crippen molar-refractivity contribution in [1.82, 2.24) is 5.32 Å². The van der Waals surface area contributed by atoms with Gasteiger partial charge < -0.3 is 10.1 Å². The van der Waals surface area contributed by atoms with Gasteiger partial charge in [0.1, 0.15) is 0 Å². The summed E-state index contributed by atoms with van der Waals surface area (Å²) in [5, 5.41) is 13.9. The average Bonchev–Trinajstić information content (AvgIpc) is 3.44. The Labute approximate surface area is 297 Å². The molecule has 0 aromatic carbocycles. The summed E-state index contributed by atoms with van der Waals surface area (Å²) in [7, 11) is 0. The summed E-state index contributed by atoms with van der Waals surface area (Å²) in [5.41, 5.74) is 5.04. The molecule has 4 heteroatoms. The maximum Gasteiger partial charge on any atom is 0.0795 e. The Kier molecular flexibility index (Phi) is 8.33. The van der Waals surface area contributed by atoms with E-state index in [4.69, 9.17) is 9.73 Å². The van der Waals surface area contributed by atoms with Crippen LogP contribution >= 0.6 is 0 Å². The van der Waals surface area contributed by atoms with E-state index in [1.807, 2.05) is 5.57 Å². The lowest BCUT2D eigenvalue weighted by atomic mass is 9.49. The van der Waals surface area contributed by atoms with Crippen molar-refractivity contribution in [3.8, 4) is 6.07 Å². The summed E-state index contributed by atoms with van der Waals surface area (Å²) in [4.78, 5) is 5.68. The molecule has 3 aliphatic heterocycles. The van der Waals surface area contributed by atoms with Gasteiger partial charge in [0.25, 0.3) is 0 Å². The minimum atomic E-state index is 0.204. The highest BCUT2D eigenvalue weighted by molar-refractivity contribution is 6.00. The second-order valence-corrected chi connectivity index (χ2v) is 19.1. The molecular weight excluding hydrogens is 599 g/mol. The highest BCUT2D eigenvalue weighted by atomic mass is 16.5. The lowest BCUT2D eigenvalue weighted by molar-refractivity contribution is -0.158. The molecule has 264 valence electrons. The van der Waals surface area contributed by atoms with Gasteiger partial charge in [-0.25, -0.2) is 0 Å². The molecular formula is C45H63N3O. The number of fused-ring (bicyclic) bond motifs is 12. The minimum Gasteiger partial charge on any atom is -0.370 e. The SMILES string of the molecule is CC1CCC2C3CCCCC3C3(C4=CCCCC4OC4C(C5CCC6CCC7CCC(C8=CCC(C#N)CC8)=NC7C6N5)CC=CC43)C2C1. The third kappa shape index (κ3) is 5.04. The number of hydrogen-bond acceptors (Lipinski definition) is 4. The van der Waals surface area contributed by atoms with Crippen LogP contribution in [0.5, 0.6) is 0 Å². The predicted molar refractivity (Wildman–Crippen MR) is 197 cm³/mol. The van der Waals surface area contributed by atoms with E-state index < -0.39 is 0 Å². The molecule has 3 heterocycles. The van der Waals surface area contributed by atoms with Crippen molar-refractivity contribution in [3.05, 3.63) is 35.5 Å². The third-order valence-corrected chi connectivity index (χ3v) is 17.1. The summed E-state index contributed by atoms with van der Waals surface area (Å²) in [6.07, 6.45) is 37.5. The molecule has 16 unspecified atom stereocenters. The first-order valence-corrected chi connectivity index (χ1v) is 21.6. The van der Waals surface area contributed by atoms with Crippen LogP contribution in [-0.2, 0) is 4.74 Å². The van der Waals surface area contributed by atoms with E-state index in [0.29, 0.717) is 47.6 Å². The molecule has 0 aromatic heterocycles. The van der Waals surface area contributed by atoms with Crippen molar-refractivity contribution in [2.45, 2.75) is 166 Å². The Hall–Kier alpha value is -1.70. The van der Waals surface area contributed by atoms with Crippen molar-refractivity contribution in [2.24, 2.45) is 69.6 Å². The molecule has 6 fully saturated rings. The van der Waals surface area contributed by atoms with Gasteiger partial charge in [-0.15, -0.1) is 0 Å². The lowest BCUT2D eigenvalue weighted by Crippen LogP contribution is -2.64. The number of hydrogen-bond donors (Lipinski definition) is 1. The summed E-state index contributed by atoms with van der Waals surface area (Å²) < 4.78 is 7.57. The first-order chi connectivity index (χ1) is 24.1. The molecule has 0 amide bonds. The number of piperidine rings is 1. The van der Waals surface area contributed by atoms with Gasteiger partial charge in [-0.1, -0.05) is 50.5 Å². The van der Waals surface area contributed by atoms with E-state index in [9.17, 15) is 5.26 Å². The van der Waals surface area contributed by atoms with Gasteiger partial charge in [-0.05, 0) is 162 Å². The molecule has 10 aliphatic rings. The van der Waals surface area contributed by atoms with Crippen LogP contribution in [-0.4, -0.2) is 36.0 Å². The van der Waals surface area contributed by atoms with Crippen LogP contribution in [0.1, 0.15) is 135 Å². The fourth-order valence-electron chi connectivity index (χ4n) is 15.2. The molecule has 7 aliphatic carbocycles. The maximum atomic E-state index is 9.47. The zero-order valence-corrected chi connectivity index (χ0v) is 30.4. The molecule has 49 heavy (non-hydrogen) atoms. The van der Waals surface area contributed by atoms with Gasteiger partial charge in [-0.3, -0.25) is 4.99 Å². The smallest absolute Gasteiger partial charge is 0.0795 e.